The largest absolute Gasteiger partial charge is 0.464 e. The van der Waals surface area contributed by atoms with Crippen LogP contribution < -0.4 is 0 Å². The smallest absolute Gasteiger partial charge is 0.315 e. The summed E-state index contributed by atoms with van der Waals surface area (Å²) in [6.07, 6.45) is 0.871. The number of ether oxygens (including phenoxy) is 1. The van der Waals surface area contributed by atoms with Crippen LogP contribution in [0.4, 0.5) is 0 Å². The summed E-state index contributed by atoms with van der Waals surface area (Å²) in [7, 11) is 4.53. The standard InChI is InChI=1S/C13H28NO2P/c1-12(2,3)10-13(4,17-7)11(15)16-9-8-14(5)6/h17H,8-10H2,1-7H3. The van der Waals surface area contributed by atoms with Gasteiger partial charge in [-0.1, -0.05) is 20.8 Å². The molecule has 0 amide bonds. The molecule has 0 radical (unpaired) electrons. The van der Waals surface area contributed by atoms with Gasteiger partial charge in [-0.05, 0) is 39.5 Å². The maximum Gasteiger partial charge on any atom is 0.315 e. The van der Waals surface area contributed by atoms with Crippen molar-refractivity contribution in [3.63, 3.8) is 0 Å². The molecule has 0 aromatic carbocycles. The highest BCUT2D eigenvalue weighted by molar-refractivity contribution is 7.40. The van der Waals surface area contributed by atoms with Crippen LogP contribution in [0.25, 0.3) is 0 Å². The first-order chi connectivity index (χ1) is 7.60. The first kappa shape index (κ1) is 16.9. The van der Waals surface area contributed by atoms with Gasteiger partial charge in [0.2, 0.25) is 0 Å². The molecule has 0 N–H and O–H groups in total. The molecule has 0 saturated heterocycles. The average Bonchev–Trinajstić information content (AvgIpc) is 2.14. The van der Waals surface area contributed by atoms with Crippen molar-refractivity contribution in [3.8, 4) is 0 Å². The monoisotopic (exact) mass is 261 g/mol. The second-order valence-corrected chi connectivity index (χ2v) is 7.86. The zero-order valence-electron chi connectivity index (χ0n) is 12.4. The summed E-state index contributed by atoms with van der Waals surface area (Å²) in [5.41, 5.74) is 0.151. The molecule has 4 heteroatoms. The lowest BCUT2D eigenvalue weighted by atomic mass is 9.85. The molecule has 0 saturated carbocycles. The molecule has 0 aliphatic rings. The van der Waals surface area contributed by atoms with E-state index in [9.17, 15) is 4.79 Å². The molecule has 0 aliphatic carbocycles. The highest BCUT2D eigenvalue weighted by Crippen LogP contribution is 2.40. The third-order valence-corrected chi connectivity index (χ3v) is 4.14. The molecule has 0 spiro atoms. The van der Waals surface area contributed by atoms with E-state index in [0.717, 1.165) is 13.0 Å². The lowest BCUT2D eigenvalue weighted by Gasteiger charge is -2.32. The molecule has 0 aliphatic heterocycles. The van der Waals surface area contributed by atoms with Crippen LogP contribution in [0, 0.1) is 5.41 Å². The van der Waals surface area contributed by atoms with Crippen molar-refractivity contribution in [3.05, 3.63) is 0 Å². The molecular weight excluding hydrogens is 233 g/mol. The van der Waals surface area contributed by atoms with E-state index in [1.807, 2.05) is 25.9 Å². The van der Waals surface area contributed by atoms with Crippen LogP contribution in [0.2, 0.25) is 0 Å². The van der Waals surface area contributed by atoms with Crippen molar-refractivity contribution in [2.45, 2.75) is 39.3 Å². The molecular formula is C13H28NO2P. The van der Waals surface area contributed by atoms with Gasteiger partial charge in [0.05, 0.1) is 5.16 Å². The minimum atomic E-state index is -0.329. The Balaban J connectivity index is 4.38. The Morgan fingerprint density at radius 3 is 2.12 bits per heavy atom. The van der Waals surface area contributed by atoms with E-state index in [1.54, 1.807) is 0 Å². The Kier molecular flexibility index (Phi) is 6.65. The summed E-state index contributed by atoms with van der Waals surface area (Å²) < 4.78 is 5.38. The zero-order valence-corrected chi connectivity index (χ0v) is 13.4. The van der Waals surface area contributed by atoms with E-state index in [0.29, 0.717) is 15.2 Å². The van der Waals surface area contributed by atoms with Crippen LogP contribution in [0.15, 0.2) is 0 Å². The number of carbonyl (C=O) groups excluding carboxylic acids is 1. The van der Waals surface area contributed by atoms with E-state index in [2.05, 4.69) is 27.4 Å². The number of carbonyl (C=O) groups is 1. The van der Waals surface area contributed by atoms with Gasteiger partial charge in [-0.2, -0.15) is 0 Å². The molecule has 2 atom stereocenters. The predicted octanol–water partition coefficient (Wildman–Crippen LogP) is 2.59. The second-order valence-electron chi connectivity index (χ2n) is 6.26. The molecule has 0 heterocycles. The van der Waals surface area contributed by atoms with Gasteiger partial charge in [0.25, 0.3) is 0 Å². The predicted molar refractivity (Wildman–Crippen MR) is 76.2 cm³/mol. The van der Waals surface area contributed by atoms with Crippen LogP contribution in [-0.2, 0) is 9.53 Å². The fourth-order valence-electron chi connectivity index (χ4n) is 1.80. The quantitative estimate of drug-likeness (QED) is 0.543. The molecule has 102 valence electrons. The summed E-state index contributed by atoms with van der Waals surface area (Å²) in [5, 5.41) is -0.329. The van der Waals surface area contributed by atoms with Gasteiger partial charge in [-0.15, -0.1) is 8.58 Å². The normalized spacial score (nSPS) is 16.5. The van der Waals surface area contributed by atoms with Gasteiger partial charge < -0.3 is 9.64 Å². The average molecular weight is 261 g/mol. The number of hydrogen-bond acceptors (Lipinski definition) is 3. The topological polar surface area (TPSA) is 29.5 Å². The molecule has 17 heavy (non-hydrogen) atoms. The van der Waals surface area contributed by atoms with Gasteiger partial charge in [-0.25, -0.2) is 0 Å². The highest BCUT2D eigenvalue weighted by atomic mass is 31.1. The van der Waals surface area contributed by atoms with Gasteiger partial charge >= 0.3 is 5.97 Å². The fraction of sp³-hybridized carbons (Fsp3) is 0.923. The second kappa shape index (κ2) is 6.70. The lowest BCUT2D eigenvalue weighted by Crippen LogP contribution is -2.37. The van der Waals surface area contributed by atoms with Crippen molar-refractivity contribution < 1.29 is 9.53 Å². The van der Waals surface area contributed by atoms with E-state index in [1.165, 1.54) is 0 Å². The molecule has 3 nitrogen and oxygen atoms in total. The van der Waals surface area contributed by atoms with Crippen LogP contribution >= 0.6 is 8.58 Å². The first-order valence-electron chi connectivity index (χ1n) is 6.11. The summed E-state index contributed by atoms with van der Waals surface area (Å²) in [6.45, 7) is 11.9. The number of esters is 1. The van der Waals surface area contributed by atoms with E-state index in [-0.39, 0.29) is 16.5 Å². The van der Waals surface area contributed by atoms with E-state index < -0.39 is 0 Å². The zero-order chi connectivity index (χ0) is 13.7. The fourth-order valence-corrected chi connectivity index (χ4v) is 2.79. The Hall–Kier alpha value is -0.140. The summed E-state index contributed by atoms with van der Waals surface area (Å²) in [6, 6.07) is 0. The third-order valence-electron chi connectivity index (χ3n) is 2.66. The first-order valence-corrected chi connectivity index (χ1v) is 7.61. The Morgan fingerprint density at radius 2 is 1.76 bits per heavy atom. The maximum atomic E-state index is 12.1. The van der Waals surface area contributed by atoms with Crippen LogP contribution in [0.1, 0.15) is 34.1 Å². The van der Waals surface area contributed by atoms with Crippen molar-refractivity contribution >= 4 is 14.6 Å². The Labute approximate surface area is 108 Å². The number of likely N-dealkylation sites (N-methyl/N-ethyl adjacent to an activating group) is 1. The minimum Gasteiger partial charge on any atom is -0.464 e. The molecule has 0 aromatic rings. The van der Waals surface area contributed by atoms with Crippen molar-refractivity contribution in [2.75, 3.05) is 33.9 Å². The molecule has 0 bridgehead atoms. The lowest BCUT2D eigenvalue weighted by molar-refractivity contribution is -0.147. The van der Waals surface area contributed by atoms with Crippen LogP contribution in [0.3, 0.4) is 0 Å². The number of nitrogens with zero attached hydrogens (tertiary/aromatic N) is 1. The molecule has 0 rings (SSSR count). The van der Waals surface area contributed by atoms with E-state index >= 15 is 0 Å². The summed E-state index contributed by atoms with van der Waals surface area (Å²) in [4.78, 5) is 14.1. The SMILES string of the molecule is CPC(C)(CC(C)(C)C)C(=O)OCCN(C)C. The van der Waals surface area contributed by atoms with Crippen molar-refractivity contribution in [2.24, 2.45) is 5.41 Å². The van der Waals surface area contributed by atoms with Crippen LogP contribution in [-0.4, -0.2) is 49.9 Å². The minimum absolute atomic E-state index is 0.0462. The Morgan fingerprint density at radius 1 is 1.24 bits per heavy atom. The molecule has 2 unspecified atom stereocenters. The molecule has 0 fully saturated rings. The third kappa shape index (κ3) is 7.00. The number of rotatable bonds is 6. The van der Waals surface area contributed by atoms with Gasteiger partial charge in [0, 0.05) is 6.54 Å². The van der Waals surface area contributed by atoms with Gasteiger partial charge in [0.15, 0.2) is 0 Å². The van der Waals surface area contributed by atoms with Crippen molar-refractivity contribution in [1.82, 2.24) is 4.90 Å². The summed E-state index contributed by atoms with van der Waals surface area (Å²) in [5.74, 6) is -0.0462. The maximum absolute atomic E-state index is 12.1. The van der Waals surface area contributed by atoms with Crippen molar-refractivity contribution in [1.29, 1.82) is 0 Å². The van der Waals surface area contributed by atoms with Crippen LogP contribution in [0.5, 0.6) is 0 Å². The van der Waals surface area contributed by atoms with Gasteiger partial charge in [-0.3, -0.25) is 4.79 Å². The summed E-state index contributed by atoms with van der Waals surface area (Å²) >= 11 is 0. The molecule has 0 aromatic heterocycles. The van der Waals surface area contributed by atoms with Gasteiger partial charge in [0.1, 0.15) is 6.61 Å². The Bertz CT molecular complexity index is 248. The number of hydrogen-bond donors (Lipinski definition) is 0. The highest BCUT2D eigenvalue weighted by Gasteiger charge is 2.36. The van der Waals surface area contributed by atoms with E-state index in [4.69, 9.17) is 4.74 Å².